The van der Waals surface area contributed by atoms with E-state index in [2.05, 4.69) is 0 Å². The van der Waals surface area contributed by atoms with Crippen molar-refractivity contribution in [2.75, 3.05) is 25.8 Å². The van der Waals surface area contributed by atoms with E-state index in [1.54, 1.807) is 0 Å². The summed E-state index contributed by atoms with van der Waals surface area (Å²) in [5, 5.41) is 9.39. The minimum atomic E-state index is -1.19. The van der Waals surface area contributed by atoms with Gasteiger partial charge in [-0.2, -0.15) is 0 Å². The summed E-state index contributed by atoms with van der Waals surface area (Å²) in [6, 6.07) is 5.58. The number of rotatable bonds is 11. The average molecular weight is 547 g/mol. The number of thioether (sulfide) groups is 2. The van der Waals surface area contributed by atoms with Crippen LogP contribution in [0.2, 0.25) is 0 Å². The number of β-lactam (4-membered cyclic amide) rings is 1. The van der Waals surface area contributed by atoms with Gasteiger partial charge in [-0.1, -0.05) is 13.8 Å². The molecule has 14 heteroatoms. The predicted octanol–water partition coefficient (Wildman–Crippen LogP) is 3.80. The Balaban J connectivity index is 1.67. The number of likely N-dealkylation sites (tertiary alicyclic amines) is 1. The number of benzene rings is 1. The third-order valence-corrected chi connectivity index (χ3v) is 8.25. The van der Waals surface area contributed by atoms with Gasteiger partial charge in [0.25, 0.3) is 10.1 Å². The molecule has 11 nitrogen and oxygen atoms in total. The van der Waals surface area contributed by atoms with Crippen LogP contribution in [0.15, 0.2) is 24.3 Å². The number of hydrogen-bond donors (Lipinski definition) is 0. The molecule has 2 saturated heterocycles. The quantitative estimate of drug-likeness (QED) is 0.131. The van der Waals surface area contributed by atoms with Crippen molar-refractivity contribution in [2.45, 2.75) is 43.7 Å². The maximum absolute atomic E-state index is 13.1. The Morgan fingerprint density at radius 3 is 2.51 bits per heavy atom. The van der Waals surface area contributed by atoms with Gasteiger partial charge in [0.05, 0.1) is 41.5 Å². The molecule has 2 fully saturated rings. The Labute approximate surface area is 215 Å². The molecule has 3 atom stereocenters. The van der Waals surface area contributed by atoms with Crippen LogP contribution in [-0.2, 0) is 34.6 Å². The molecule has 3 unspecified atom stereocenters. The standard InChI is InChI=1S/C21H26N2O9S3/c1-3-16-17(24)22(18(16)33-4-2)19(34-21(26)35-32-15-10-29-12-30-11-15)20(25)31-9-13-5-7-14(8-6-13)23(27)28/h5-8,15-16,18-19H,3-4,9-12H2,1-2H3. The lowest BCUT2D eigenvalue weighted by Crippen LogP contribution is -2.64. The highest BCUT2D eigenvalue weighted by Gasteiger charge is 2.52. The van der Waals surface area contributed by atoms with Crippen molar-refractivity contribution < 1.29 is 37.7 Å². The monoisotopic (exact) mass is 546 g/mol. The van der Waals surface area contributed by atoms with E-state index in [4.69, 9.17) is 18.4 Å². The van der Waals surface area contributed by atoms with Gasteiger partial charge in [-0.25, -0.2) is 4.79 Å². The molecule has 0 N–H and O–H groups in total. The molecule has 0 radical (unpaired) electrons. The van der Waals surface area contributed by atoms with Crippen LogP contribution in [0.4, 0.5) is 10.5 Å². The first-order valence-corrected chi connectivity index (χ1v) is 13.6. The molecule has 0 bridgehead atoms. The first-order valence-electron chi connectivity index (χ1n) is 10.9. The minimum absolute atomic E-state index is 0.0823. The lowest BCUT2D eigenvalue weighted by molar-refractivity contribution is -0.384. The van der Waals surface area contributed by atoms with E-state index >= 15 is 0 Å². The van der Waals surface area contributed by atoms with Crippen molar-refractivity contribution in [3.05, 3.63) is 39.9 Å². The number of amides is 1. The van der Waals surface area contributed by atoms with Crippen LogP contribution in [0.1, 0.15) is 25.8 Å². The van der Waals surface area contributed by atoms with Crippen molar-refractivity contribution in [3.63, 3.8) is 0 Å². The van der Waals surface area contributed by atoms with Gasteiger partial charge in [0.2, 0.25) is 5.91 Å². The number of nitrogens with zero attached hydrogens (tertiary/aromatic N) is 2. The average Bonchev–Trinajstić information content (AvgIpc) is 2.86. The minimum Gasteiger partial charge on any atom is -0.459 e. The van der Waals surface area contributed by atoms with Gasteiger partial charge in [-0.15, -0.1) is 11.8 Å². The number of esters is 1. The third-order valence-electron chi connectivity index (χ3n) is 5.18. The summed E-state index contributed by atoms with van der Waals surface area (Å²) in [6.07, 6.45) is 0.194. The fourth-order valence-electron chi connectivity index (χ4n) is 3.44. The Kier molecular flexibility index (Phi) is 10.7. The Bertz CT molecular complexity index is 912. The topological polar surface area (TPSA) is 135 Å². The van der Waals surface area contributed by atoms with Gasteiger partial charge in [0.1, 0.15) is 19.5 Å². The van der Waals surface area contributed by atoms with E-state index in [1.807, 2.05) is 13.8 Å². The first-order chi connectivity index (χ1) is 16.8. The van der Waals surface area contributed by atoms with Gasteiger partial charge >= 0.3 is 5.97 Å². The molecular weight excluding hydrogens is 520 g/mol. The van der Waals surface area contributed by atoms with Crippen LogP contribution in [0, 0.1) is 16.0 Å². The highest BCUT2D eigenvalue weighted by atomic mass is 32.2. The largest absolute Gasteiger partial charge is 0.459 e. The fraction of sp³-hybridized carbons (Fsp3) is 0.571. The van der Waals surface area contributed by atoms with Crippen molar-refractivity contribution >= 4 is 57.6 Å². The van der Waals surface area contributed by atoms with E-state index in [0.717, 1.165) is 5.75 Å². The van der Waals surface area contributed by atoms with Gasteiger partial charge in [-0.05, 0) is 41.6 Å². The summed E-state index contributed by atoms with van der Waals surface area (Å²) in [6.45, 7) is 4.43. The fourth-order valence-corrected chi connectivity index (χ4v) is 6.36. The third kappa shape index (κ3) is 7.33. The molecule has 2 aliphatic heterocycles. The number of nitro benzene ring substituents is 1. The molecular formula is C21H26N2O9S3. The highest BCUT2D eigenvalue weighted by Crippen LogP contribution is 2.42. The Hall–Kier alpha value is -1.84. The number of non-ortho nitro benzene ring substituents is 1. The molecule has 0 aromatic heterocycles. The Morgan fingerprint density at radius 1 is 1.23 bits per heavy atom. The summed E-state index contributed by atoms with van der Waals surface area (Å²) in [7, 11) is 0. The van der Waals surface area contributed by atoms with Crippen LogP contribution < -0.4 is 0 Å². The zero-order chi connectivity index (χ0) is 25.4. The molecule has 3 rings (SSSR count). The SMILES string of the molecule is CCSC1C(CC)C(=O)N1C(SC(=O)SOC1COCOC1)C(=O)OCc1ccc([N+](=O)[O-])cc1. The zero-order valence-corrected chi connectivity index (χ0v) is 21.6. The van der Waals surface area contributed by atoms with Crippen molar-refractivity contribution in [2.24, 2.45) is 5.92 Å². The van der Waals surface area contributed by atoms with Gasteiger partial charge in [0, 0.05) is 12.1 Å². The molecule has 2 aliphatic rings. The normalized spacial score (nSPS) is 21.3. The summed E-state index contributed by atoms with van der Waals surface area (Å²) in [4.78, 5) is 50.2. The zero-order valence-electron chi connectivity index (χ0n) is 19.2. The smallest absolute Gasteiger partial charge is 0.340 e. The van der Waals surface area contributed by atoms with Gasteiger partial charge < -0.3 is 19.1 Å². The van der Waals surface area contributed by atoms with Gasteiger partial charge in [-0.3, -0.25) is 23.9 Å². The maximum Gasteiger partial charge on any atom is 0.340 e. The van der Waals surface area contributed by atoms with E-state index in [1.165, 1.54) is 40.9 Å². The molecule has 0 aliphatic carbocycles. The van der Waals surface area contributed by atoms with E-state index in [-0.39, 0.29) is 49.5 Å². The number of carbonyl (C=O) groups excluding carboxylic acids is 3. The van der Waals surface area contributed by atoms with Gasteiger partial charge in [0.15, 0.2) is 5.37 Å². The van der Waals surface area contributed by atoms with Crippen LogP contribution in [0.25, 0.3) is 0 Å². The summed E-state index contributed by atoms with van der Waals surface area (Å²) < 4.78 is 20.6. The molecule has 1 aromatic rings. The molecule has 1 amide bonds. The van der Waals surface area contributed by atoms with Crippen molar-refractivity contribution in [3.8, 4) is 0 Å². The molecule has 1 aromatic carbocycles. The second kappa shape index (κ2) is 13.5. The predicted molar refractivity (Wildman–Crippen MR) is 131 cm³/mol. The van der Waals surface area contributed by atoms with Crippen molar-refractivity contribution in [1.29, 1.82) is 0 Å². The van der Waals surface area contributed by atoms with E-state index < -0.39 is 26.8 Å². The number of ether oxygens (including phenoxy) is 3. The summed E-state index contributed by atoms with van der Waals surface area (Å²) >= 11 is 2.76. The first kappa shape index (κ1) is 27.7. The maximum atomic E-state index is 13.1. The number of hydrogen-bond acceptors (Lipinski definition) is 12. The van der Waals surface area contributed by atoms with E-state index in [9.17, 15) is 24.5 Å². The van der Waals surface area contributed by atoms with E-state index in [0.29, 0.717) is 35.8 Å². The number of carbonyl (C=O) groups is 3. The summed E-state index contributed by atoms with van der Waals surface area (Å²) in [5.74, 6) is -0.471. The highest BCUT2D eigenvalue weighted by molar-refractivity contribution is 8.37. The summed E-state index contributed by atoms with van der Waals surface area (Å²) in [5.41, 5.74) is 0.455. The molecule has 35 heavy (non-hydrogen) atoms. The lowest BCUT2D eigenvalue weighted by atomic mass is 9.95. The lowest BCUT2D eigenvalue weighted by Gasteiger charge is -2.48. The number of nitro groups is 1. The second-order valence-corrected chi connectivity index (χ2v) is 11.0. The van der Waals surface area contributed by atoms with Crippen LogP contribution in [0.3, 0.4) is 0 Å². The van der Waals surface area contributed by atoms with Crippen LogP contribution >= 0.6 is 35.6 Å². The van der Waals surface area contributed by atoms with Crippen LogP contribution in [0.5, 0.6) is 0 Å². The second-order valence-electron chi connectivity index (χ2n) is 7.52. The van der Waals surface area contributed by atoms with Crippen LogP contribution in [-0.4, -0.2) is 68.8 Å². The van der Waals surface area contributed by atoms with Crippen molar-refractivity contribution in [1.82, 2.24) is 4.90 Å². The Morgan fingerprint density at radius 2 is 1.91 bits per heavy atom. The molecule has 192 valence electrons. The molecule has 0 spiro atoms. The molecule has 0 saturated carbocycles. The molecule has 2 heterocycles.